The number of benzene rings is 3. The Balaban J connectivity index is 1.27. The third kappa shape index (κ3) is 6.25. The van der Waals surface area contributed by atoms with Crippen LogP contribution in [0.2, 0.25) is 0 Å². The number of aliphatic hydroxyl groups excluding tert-OH is 1. The minimum Gasteiger partial charge on any atom is -0.455 e. The minimum atomic E-state index is -1.59. The Kier molecular flexibility index (Phi) is 9.90. The first-order valence-electron chi connectivity index (χ1n) is 18.4. The number of aromatic nitrogens is 3. The zero-order chi connectivity index (χ0) is 38.4. The van der Waals surface area contributed by atoms with Crippen LogP contribution in [0.25, 0.3) is 11.0 Å². The summed E-state index contributed by atoms with van der Waals surface area (Å²) in [5, 5.41) is 19.6. The maximum atomic E-state index is 15.4. The van der Waals surface area contributed by atoms with E-state index in [1.165, 1.54) is 4.90 Å². The lowest BCUT2D eigenvalue weighted by Crippen LogP contribution is -2.57. The van der Waals surface area contributed by atoms with E-state index in [4.69, 9.17) is 9.47 Å². The molecular weight excluding hydrogens is 768 g/mol. The normalized spacial score (nSPS) is 29.7. The molecule has 55 heavy (non-hydrogen) atoms. The number of ether oxygens (including phenoxy) is 2. The molecule has 2 saturated heterocycles. The lowest BCUT2D eigenvalue weighted by atomic mass is 9.74. The van der Waals surface area contributed by atoms with E-state index in [0.29, 0.717) is 33.1 Å². The number of rotatable bonds is 6. The number of hydrogen-bond donors (Lipinski definition) is 1. The predicted octanol–water partition coefficient (Wildman–Crippen LogP) is 4.31. The molecule has 3 amide bonds. The summed E-state index contributed by atoms with van der Waals surface area (Å²) < 4.78 is 15.3. The Hall–Kier alpha value is -5.18. The summed E-state index contributed by atoms with van der Waals surface area (Å²) in [5.74, 6) is -4.14. The van der Waals surface area contributed by atoms with E-state index in [2.05, 4.69) is 26.2 Å². The van der Waals surface area contributed by atoms with Crippen molar-refractivity contribution in [1.82, 2.24) is 29.7 Å². The average molecular weight is 810 g/mol. The van der Waals surface area contributed by atoms with Gasteiger partial charge in [-0.15, -0.1) is 5.10 Å². The van der Waals surface area contributed by atoms with Gasteiger partial charge in [-0.1, -0.05) is 106 Å². The summed E-state index contributed by atoms with van der Waals surface area (Å²) in [4.78, 5) is 63.3. The van der Waals surface area contributed by atoms with Gasteiger partial charge in [0.2, 0.25) is 11.8 Å². The number of halogens is 1. The van der Waals surface area contributed by atoms with E-state index < -0.39 is 72.2 Å². The molecule has 4 aliphatic heterocycles. The Morgan fingerprint density at radius 2 is 1.64 bits per heavy atom. The van der Waals surface area contributed by atoms with E-state index in [1.807, 2.05) is 79.7 Å². The Bertz CT molecular complexity index is 2180. The second-order valence-corrected chi connectivity index (χ2v) is 15.4. The summed E-state index contributed by atoms with van der Waals surface area (Å²) in [7, 11) is 1.69. The number of nitrogens with zero attached hydrogens (tertiary/aromatic N) is 6. The molecule has 1 N–H and O–H groups in total. The summed E-state index contributed by atoms with van der Waals surface area (Å²) in [5.41, 5.74) is 1.06. The highest BCUT2D eigenvalue weighted by molar-refractivity contribution is 9.11. The molecule has 13 nitrogen and oxygen atoms in total. The fraction of sp³-hybridized carbons (Fsp3) is 0.366. The van der Waals surface area contributed by atoms with Crippen LogP contribution in [0.15, 0.2) is 108 Å². The molecular formula is C41H41BrN6O7. The fourth-order valence-electron chi connectivity index (χ4n) is 8.57. The van der Waals surface area contributed by atoms with Gasteiger partial charge in [-0.2, -0.15) is 0 Å². The summed E-state index contributed by atoms with van der Waals surface area (Å²) in [6.45, 7) is 1.40. The number of likely N-dealkylation sites (tertiary alicyclic amines) is 1. The van der Waals surface area contributed by atoms with Crippen LogP contribution in [0.3, 0.4) is 0 Å². The van der Waals surface area contributed by atoms with Crippen LogP contribution in [0, 0.1) is 11.8 Å². The van der Waals surface area contributed by atoms with Gasteiger partial charge < -0.3 is 29.3 Å². The number of likely N-dealkylation sites (N-methyl/N-ethyl adjacent to an activating group) is 1. The lowest BCUT2D eigenvalue weighted by Gasteiger charge is -2.38. The van der Waals surface area contributed by atoms with Crippen LogP contribution < -0.4 is 0 Å². The average Bonchev–Trinajstić information content (AvgIpc) is 3.93. The number of para-hydroxylation sites is 1. The quantitative estimate of drug-likeness (QED) is 0.223. The molecule has 0 unspecified atom stereocenters. The lowest BCUT2D eigenvalue weighted by molar-refractivity contribution is -0.164. The van der Waals surface area contributed by atoms with E-state index in [1.54, 1.807) is 51.9 Å². The highest BCUT2D eigenvalue weighted by Crippen LogP contribution is 2.60. The van der Waals surface area contributed by atoms with Gasteiger partial charge in [0.25, 0.3) is 5.91 Å². The first-order valence-corrected chi connectivity index (χ1v) is 19.2. The molecule has 4 aromatic rings. The second kappa shape index (κ2) is 14.8. The molecule has 8 rings (SSSR count). The van der Waals surface area contributed by atoms with Gasteiger partial charge in [0.05, 0.1) is 30.1 Å². The molecule has 1 spiro atoms. The number of allylic oxidation sites excluding steroid dienone is 1. The van der Waals surface area contributed by atoms with Gasteiger partial charge >= 0.3 is 5.97 Å². The van der Waals surface area contributed by atoms with E-state index in [9.17, 15) is 14.7 Å². The van der Waals surface area contributed by atoms with Crippen molar-refractivity contribution in [3.63, 3.8) is 0 Å². The third-order valence-corrected chi connectivity index (χ3v) is 12.1. The minimum absolute atomic E-state index is 0.0319. The van der Waals surface area contributed by atoms with Crippen LogP contribution in [-0.2, 0) is 35.3 Å². The van der Waals surface area contributed by atoms with Gasteiger partial charge in [-0.3, -0.25) is 19.2 Å². The van der Waals surface area contributed by atoms with Crippen molar-refractivity contribution in [3.05, 3.63) is 119 Å². The highest BCUT2D eigenvalue weighted by atomic mass is 79.9. The number of carbonyl (C=O) groups excluding carboxylic acids is 4. The van der Waals surface area contributed by atoms with Gasteiger partial charge in [-0.25, -0.2) is 4.68 Å². The zero-order valence-electron chi connectivity index (χ0n) is 30.3. The van der Waals surface area contributed by atoms with Crippen LogP contribution >= 0.6 is 15.9 Å². The van der Waals surface area contributed by atoms with Crippen LogP contribution in [-0.4, -0.2) is 102 Å². The first-order chi connectivity index (χ1) is 26.6. The van der Waals surface area contributed by atoms with Crippen molar-refractivity contribution in [3.8, 4) is 0 Å². The van der Waals surface area contributed by atoms with Crippen LogP contribution in [0.4, 0.5) is 0 Å². The standard InChI is InChI=1S/C41H41BrN6O7/c1-25-35(27-16-8-4-9-17-27)54-40(53)33-34-38(51)48(31(23-49)26-14-6-3-7-15-26)37(41(34)22-28(42)36(33)55-41)39(52)46(21-13-5-10-20-32(50)45(25)2)24-47-30-19-12-11-18-29(30)43-44-47/h3-9,11-19,22,25,31,33-37,49H,10,20-21,23-24H2,1-2H3/b13-5-/t25-,31-,33+,34-,35+,36+,37+,41-/m1/s1. The predicted molar refractivity (Wildman–Crippen MR) is 204 cm³/mol. The Morgan fingerprint density at radius 1 is 0.927 bits per heavy atom. The molecule has 5 heterocycles. The number of carbonyl (C=O) groups is 4. The Labute approximate surface area is 326 Å². The number of esters is 1. The number of cyclic esters (lactones) is 1. The molecule has 0 saturated carbocycles. The zero-order valence-corrected chi connectivity index (χ0v) is 31.9. The molecule has 284 valence electrons. The molecule has 3 aromatic carbocycles. The first kappa shape index (κ1) is 36.8. The van der Waals surface area contributed by atoms with Gasteiger partial charge in [-0.05, 0) is 42.7 Å². The molecule has 5 bridgehead atoms. The maximum Gasteiger partial charge on any atom is 0.313 e. The van der Waals surface area contributed by atoms with Gasteiger partial charge in [0, 0.05) is 24.5 Å². The summed E-state index contributed by atoms with van der Waals surface area (Å²) in [6, 6.07) is 22.8. The maximum absolute atomic E-state index is 15.4. The molecule has 8 atom stereocenters. The highest BCUT2D eigenvalue weighted by Gasteiger charge is 2.75. The smallest absolute Gasteiger partial charge is 0.313 e. The number of hydrogen-bond acceptors (Lipinski definition) is 9. The number of fused-ring (bicyclic) bond motifs is 3. The molecule has 0 aliphatic carbocycles. The Morgan fingerprint density at radius 3 is 2.38 bits per heavy atom. The number of amides is 3. The van der Waals surface area contributed by atoms with Crippen molar-refractivity contribution >= 4 is 50.7 Å². The second-order valence-electron chi connectivity index (χ2n) is 14.5. The summed E-state index contributed by atoms with van der Waals surface area (Å²) in [6.07, 6.45) is 4.21. The molecule has 0 radical (unpaired) electrons. The van der Waals surface area contributed by atoms with Crippen molar-refractivity contribution in [2.24, 2.45) is 11.8 Å². The number of aliphatic hydroxyl groups is 1. The summed E-state index contributed by atoms with van der Waals surface area (Å²) >= 11 is 3.63. The van der Waals surface area contributed by atoms with Gasteiger partial charge in [0.1, 0.15) is 42.0 Å². The van der Waals surface area contributed by atoms with Crippen LogP contribution in [0.5, 0.6) is 0 Å². The molecule has 2 fully saturated rings. The van der Waals surface area contributed by atoms with Crippen LogP contribution in [0.1, 0.15) is 43.0 Å². The van der Waals surface area contributed by atoms with Crippen molar-refractivity contribution in [1.29, 1.82) is 0 Å². The third-order valence-electron chi connectivity index (χ3n) is 11.4. The SMILES string of the molecule is C[C@@H]1[C@@H](c2ccccc2)OC(=O)[C@@H]2[C@H]3O[C@@]4(C=C3Br)[C@H](C(=O)N(Cn3nnc5ccccc53)C/C=C\CCC(=O)N1C)N([C@H](CO)c1ccccc1)C(=O)[C@@H]24. The van der Waals surface area contributed by atoms with E-state index in [-0.39, 0.29) is 25.5 Å². The van der Waals surface area contributed by atoms with Crippen molar-refractivity contribution < 1.29 is 33.8 Å². The fourth-order valence-corrected chi connectivity index (χ4v) is 9.31. The van der Waals surface area contributed by atoms with Gasteiger partial charge in [0.15, 0.2) is 0 Å². The van der Waals surface area contributed by atoms with E-state index >= 15 is 9.59 Å². The molecule has 4 aliphatic rings. The topological polar surface area (TPSA) is 147 Å². The van der Waals surface area contributed by atoms with E-state index in [0.717, 1.165) is 0 Å². The van der Waals surface area contributed by atoms with Crippen molar-refractivity contribution in [2.45, 2.75) is 62.4 Å². The largest absolute Gasteiger partial charge is 0.455 e. The molecule has 1 aromatic heterocycles. The van der Waals surface area contributed by atoms with Crippen molar-refractivity contribution in [2.75, 3.05) is 20.2 Å². The molecule has 14 heteroatoms. The monoisotopic (exact) mass is 808 g/mol.